The monoisotopic (exact) mass is 353 g/mol. The summed E-state index contributed by atoms with van der Waals surface area (Å²) in [4.78, 5) is 25.8. The topological polar surface area (TPSA) is 55.8 Å². The Morgan fingerprint density at radius 1 is 1.35 bits per heavy atom. The summed E-state index contributed by atoms with van der Waals surface area (Å²) in [6.45, 7) is 4.61. The number of ether oxygens (including phenoxy) is 2. The zero-order valence-electron chi connectivity index (χ0n) is 13.7. The van der Waals surface area contributed by atoms with Gasteiger partial charge in [-0.2, -0.15) is 8.78 Å². The summed E-state index contributed by atoms with van der Waals surface area (Å²) in [7, 11) is 1.16. The molecule has 1 unspecified atom stereocenters. The molecule has 5 nitrogen and oxygen atoms in total. The molecule has 1 atom stereocenters. The molecule has 1 aliphatic heterocycles. The van der Waals surface area contributed by atoms with Crippen LogP contribution in [0.15, 0.2) is 11.7 Å². The minimum absolute atomic E-state index is 0.124. The molecule has 8 heteroatoms. The van der Waals surface area contributed by atoms with E-state index in [1.54, 1.807) is 20.8 Å². The lowest BCUT2D eigenvalue weighted by molar-refractivity contribution is -0.153. The molecule has 1 aliphatic rings. The van der Waals surface area contributed by atoms with Gasteiger partial charge in [-0.25, -0.2) is 9.59 Å². The third kappa shape index (κ3) is 4.56. The highest BCUT2D eigenvalue weighted by atomic mass is 35.5. The Kier molecular flexibility index (Phi) is 6.39. The smallest absolute Gasteiger partial charge is 0.411 e. The van der Waals surface area contributed by atoms with Crippen LogP contribution < -0.4 is 0 Å². The van der Waals surface area contributed by atoms with E-state index >= 15 is 0 Å². The molecule has 0 aromatic rings. The van der Waals surface area contributed by atoms with Crippen molar-refractivity contribution in [3.05, 3.63) is 11.7 Å². The highest BCUT2D eigenvalue weighted by Gasteiger charge is 2.54. The number of halogens is 3. The van der Waals surface area contributed by atoms with Gasteiger partial charge in [0, 0.05) is 17.9 Å². The van der Waals surface area contributed by atoms with E-state index in [0.717, 1.165) is 12.0 Å². The third-order valence-electron chi connectivity index (χ3n) is 3.54. The molecule has 1 amide bonds. The normalized spacial score (nSPS) is 21.3. The van der Waals surface area contributed by atoms with E-state index in [2.05, 4.69) is 0 Å². The van der Waals surface area contributed by atoms with Gasteiger partial charge in [0.2, 0.25) is 0 Å². The van der Waals surface area contributed by atoms with Crippen LogP contribution in [0.1, 0.15) is 40.0 Å². The van der Waals surface area contributed by atoms with Gasteiger partial charge in [0.15, 0.2) is 0 Å². The number of rotatable bonds is 4. The van der Waals surface area contributed by atoms with Crippen LogP contribution in [-0.2, 0) is 14.3 Å². The van der Waals surface area contributed by atoms with Crippen molar-refractivity contribution in [2.75, 3.05) is 19.5 Å². The standard InChI is InChI=1S/C15H22ClF2NO4/c1-14(2,3)23-13(21)19-9-10(11(17)18)8-15(19,6-5-7-16)12(20)22-4/h5-9H2,1-4H3. The predicted molar refractivity (Wildman–Crippen MR) is 81.5 cm³/mol. The summed E-state index contributed by atoms with van der Waals surface area (Å²) >= 11 is 5.68. The van der Waals surface area contributed by atoms with Crippen LogP contribution in [0, 0.1) is 0 Å². The molecule has 1 saturated heterocycles. The third-order valence-corrected chi connectivity index (χ3v) is 3.81. The number of methoxy groups -OCH3 is 1. The lowest BCUT2D eigenvalue weighted by atomic mass is 9.89. The molecule has 0 aliphatic carbocycles. The molecule has 1 heterocycles. The van der Waals surface area contributed by atoms with Crippen LogP contribution in [0.4, 0.5) is 13.6 Å². The van der Waals surface area contributed by atoms with E-state index in [1.807, 2.05) is 0 Å². The minimum Gasteiger partial charge on any atom is -0.467 e. The summed E-state index contributed by atoms with van der Waals surface area (Å²) in [5.41, 5.74) is -2.59. The van der Waals surface area contributed by atoms with Gasteiger partial charge in [-0.15, -0.1) is 11.6 Å². The molecule has 0 aromatic heterocycles. The number of hydrogen-bond acceptors (Lipinski definition) is 4. The maximum atomic E-state index is 13.1. The van der Waals surface area contributed by atoms with Crippen molar-refractivity contribution in [1.82, 2.24) is 4.90 Å². The Balaban J connectivity index is 3.26. The van der Waals surface area contributed by atoms with Gasteiger partial charge in [-0.3, -0.25) is 4.90 Å². The molecular weight excluding hydrogens is 332 g/mol. The second-order valence-electron chi connectivity index (χ2n) is 6.42. The summed E-state index contributed by atoms with van der Waals surface area (Å²) < 4.78 is 36.2. The van der Waals surface area contributed by atoms with E-state index in [0.29, 0.717) is 6.42 Å². The number of nitrogens with zero attached hydrogens (tertiary/aromatic N) is 1. The minimum atomic E-state index is -1.89. The van der Waals surface area contributed by atoms with Crippen LogP contribution in [0.3, 0.4) is 0 Å². The molecule has 0 bridgehead atoms. The molecule has 132 valence electrons. The Bertz CT molecular complexity index is 500. The van der Waals surface area contributed by atoms with Gasteiger partial charge in [-0.05, 0) is 33.6 Å². The van der Waals surface area contributed by atoms with Crippen molar-refractivity contribution in [3.8, 4) is 0 Å². The lowest BCUT2D eigenvalue weighted by Gasteiger charge is -2.36. The van der Waals surface area contributed by atoms with Crippen molar-refractivity contribution < 1.29 is 27.8 Å². The average molecular weight is 354 g/mol. The number of alkyl halides is 1. The first-order chi connectivity index (χ1) is 10.6. The first kappa shape index (κ1) is 19.7. The SMILES string of the molecule is COC(=O)C1(CCCCl)CC(=C(F)F)CN1C(=O)OC(C)(C)C. The van der Waals surface area contributed by atoms with E-state index in [-0.39, 0.29) is 30.8 Å². The van der Waals surface area contributed by atoms with E-state index in [9.17, 15) is 18.4 Å². The Labute approximate surface area is 139 Å². The van der Waals surface area contributed by atoms with E-state index in [4.69, 9.17) is 21.1 Å². The summed E-state index contributed by atoms with van der Waals surface area (Å²) in [6.07, 6.45) is -2.50. The largest absolute Gasteiger partial charge is 0.467 e. The van der Waals surface area contributed by atoms with Gasteiger partial charge < -0.3 is 9.47 Å². The lowest BCUT2D eigenvalue weighted by Crippen LogP contribution is -2.54. The van der Waals surface area contributed by atoms with Crippen LogP contribution in [-0.4, -0.2) is 47.6 Å². The van der Waals surface area contributed by atoms with Crippen LogP contribution in [0.2, 0.25) is 0 Å². The molecule has 0 saturated carbocycles. The number of hydrogen-bond donors (Lipinski definition) is 0. The van der Waals surface area contributed by atoms with Gasteiger partial charge >= 0.3 is 12.1 Å². The van der Waals surface area contributed by atoms with E-state index in [1.165, 1.54) is 0 Å². The molecule has 0 aromatic carbocycles. The molecule has 0 spiro atoms. The fraction of sp³-hybridized carbons (Fsp3) is 0.733. The fourth-order valence-electron chi connectivity index (χ4n) is 2.59. The van der Waals surface area contributed by atoms with Crippen molar-refractivity contribution in [3.63, 3.8) is 0 Å². The average Bonchev–Trinajstić information content (AvgIpc) is 2.83. The predicted octanol–water partition coefficient (Wildman–Crippen LogP) is 3.71. The van der Waals surface area contributed by atoms with Crippen molar-refractivity contribution in [2.24, 2.45) is 0 Å². The molecule has 1 fully saturated rings. The second kappa shape index (κ2) is 7.47. The first-order valence-corrected chi connectivity index (χ1v) is 7.79. The second-order valence-corrected chi connectivity index (χ2v) is 6.80. The Morgan fingerprint density at radius 3 is 2.39 bits per heavy atom. The Hall–Kier alpha value is -1.37. The highest BCUT2D eigenvalue weighted by Crippen LogP contribution is 2.40. The molecule has 0 N–H and O–H groups in total. The quantitative estimate of drug-likeness (QED) is 0.571. The number of carbonyl (C=O) groups is 2. The maximum absolute atomic E-state index is 13.1. The molecule has 1 rings (SSSR count). The van der Waals surface area contributed by atoms with Crippen molar-refractivity contribution in [2.45, 2.75) is 51.2 Å². The van der Waals surface area contributed by atoms with Gasteiger partial charge in [-0.1, -0.05) is 0 Å². The number of amides is 1. The van der Waals surface area contributed by atoms with E-state index < -0.39 is 29.3 Å². The van der Waals surface area contributed by atoms with Crippen LogP contribution in [0.25, 0.3) is 0 Å². The van der Waals surface area contributed by atoms with Gasteiger partial charge in [0.05, 0.1) is 13.7 Å². The fourth-order valence-corrected chi connectivity index (χ4v) is 2.72. The highest BCUT2D eigenvalue weighted by molar-refractivity contribution is 6.17. The molecule has 23 heavy (non-hydrogen) atoms. The Morgan fingerprint density at radius 2 is 1.96 bits per heavy atom. The molecular formula is C15H22ClF2NO4. The number of likely N-dealkylation sites (tertiary alicyclic amines) is 1. The maximum Gasteiger partial charge on any atom is 0.411 e. The van der Waals surface area contributed by atoms with Crippen LogP contribution >= 0.6 is 11.6 Å². The summed E-state index contributed by atoms with van der Waals surface area (Å²) in [5.74, 6) is -0.511. The zero-order valence-corrected chi connectivity index (χ0v) is 14.5. The van der Waals surface area contributed by atoms with Crippen molar-refractivity contribution >= 4 is 23.7 Å². The zero-order chi connectivity index (χ0) is 17.8. The van der Waals surface area contributed by atoms with Crippen molar-refractivity contribution in [1.29, 1.82) is 0 Å². The van der Waals surface area contributed by atoms with Gasteiger partial charge in [0.25, 0.3) is 6.08 Å². The number of carbonyl (C=O) groups excluding carboxylic acids is 2. The summed E-state index contributed by atoms with van der Waals surface area (Å²) in [5, 5.41) is 0. The molecule has 0 radical (unpaired) electrons. The number of esters is 1. The first-order valence-electron chi connectivity index (χ1n) is 7.25. The van der Waals surface area contributed by atoms with Crippen LogP contribution in [0.5, 0.6) is 0 Å². The summed E-state index contributed by atoms with van der Waals surface area (Å²) in [6, 6.07) is 0. The van der Waals surface area contributed by atoms with Gasteiger partial charge in [0.1, 0.15) is 11.1 Å².